The van der Waals surface area contributed by atoms with Gasteiger partial charge >= 0.3 is 0 Å². The van der Waals surface area contributed by atoms with Crippen LogP contribution in [0.3, 0.4) is 0 Å². The fourth-order valence-electron chi connectivity index (χ4n) is 3.14. The van der Waals surface area contributed by atoms with E-state index in [4.69, 9.17) is 4.74 Å². The molecule has 31 heavy (non-hydrogen) atoms. The molecule has 0 saturated heterocycles. The molecule has 2 aromatic carbocycles. The Morgan fingerprint density at radius 3 is 2.48 bits per heavy atom. The molecular formula is C21H24N4O4S2. The molecular weight excluding hydrogens is 436 g/mol. The topological polar surface area (TPSA) is 101 Å². The van der Waals surface area contributed by atoms with E-state index in [1.165, 1.54) is 11.3 Å². The van der Waals surface area contributed by atoms with Gasteiger partial charge in [0.05, 0.1) is 19.1 Å². The maximum absolute atomic E-state index is 13.0. The molecule has 1 amide bonds. The van der Waals surface area contributed by atoms with Crippen LogP contribution < -0.4 is 14.4 Å². The number of nitrogens with one attached hydrogen (secondary N) is 1. The van der Waals surface area contributed by atoms with Crippen LogP contribution in [0.5, 0.6) is 5.75 Å². The van der Waals surface area contributed by atoms with E-state index < -0.39 is 22.0 Å². The van der Waals surface area contributed by atoms with E-state index in [0.29, 0.717) is 15.8 Å². The third kappa shape index (κ3) is 5.39. The minimum atomic E-state index is -3.70. The molecule has 0 aliphatic rings. The number of aryl methyl sites for hydroxylation is 1. The van der Waals surface area contributed by atoms with E-state index in [9.17, 15) is 13.2 Å². The number of benzene rings is 2. The number of ether oxygens (including phenoxy) is 1. The summed E-state index contributed by atoms with van der Waals surface area (Å²) in [6.07, 6.45) is 1.38. The van der Waals surface area contributed by atoms with Gasteiger partial charge in [0.25, 0.3) is 0 Å². The van der Waals surface area contributed by atoms with Crippen LogP contribution in [0.1, 0.15) is 18.9 Å². The van der Waals surface area contributed by atoms with E-state index in [2.05, 4.69) is 15.5 Å². The van der Waals surface area contributed by atoms with Crippen molar-refractivity contribution in [2.75, 3.05) is 23.0 Å². The van der Waals surface area contributed by atoms with Crippen molar-refractivity contribution >= 4 is 38.1 Å². The van der Waals surface area contributed by atoms with Gasteiger partial charge in [0.15, 0.2) is 0 Å². The summed E-state index contributed by atoms with van der Waals surface area (Å²) < 4.78 is 31.4. The van der Waals surface area contributed by atoms with Crippen LogP contribution in [0.15, 0.2) is 48.5 Å². The number of amides is 1. The molecule has 0 radical (unpaired) electrons. The third-order valence-corrected chi connectivity index (χ3v) is 6.65. The fourth-order valence-corrected chi connectivity index (χ4v) is 5.09. The largest absolute Gasteiger partial charge is 0.497 e. The second-order valence-corrected chi connectivity index (χ2v) is 9.79. The van der Waals surface area contributed by atoms with Crippen molar-refractivity contribution in [1.29, 1.82) is 0 Å². The molecule has 164 valence electrons. The number of nitrogens with zero attached hydrogens (tertiary/aromatic N) is 3. The van der Waals surface area contributed by atoms with Gasteiger partial charge in [-0.3, -0.25) is 14.4 Å². The molecule has 0 aliphatic carbocycles. The Labute approximate surface area is 185 Å². The highest BCUT2D eigenvalue weighted by Gasteiger charge is 2.32. The molecule has 0 spiro atoms. The monoisotopic (exact) mass is 460 g/mol. The maximum atomic E-state index is 13.0. The van der Waals surface area contributed by atoms with Crippen molar-refractivity contribution in [2.24, 2.45) is 0 Å². The Balaban J connectivity index is 1.84. The summed E-state index contributed by atoms with van der Waals surface area (Å²) in [7, 11) is -2.11. The highest BCUT2D eigenvalue weighted by atomic mass is 32.2. The Morgan fingerprint density at radius 2 is 1.90 bits per heavy atom. The van der Waals surface area contributed by atoms with Crippen LogP contribution in [0, 0.1) is 6.92 Å². The normalized spacial score (nSPS) is 12.3. The van der Waals surface area contributed by atoms with Crippen LogP contribution in [-0.2, 0) is 14.8 Å². The second-order valence-electron chi connectivity index (χ2n) is 6.95. The molecule has 1 heterocycles. The van der Waals surface area contributed by atoms with Crippen LogP contribution in [-0.4, -0.2) is 43.9 Å². The van der Waals surface area contributed by atoms with Gasteiger partial charge in [0, 0.05) is 5.56 Å². The van der Waals surface area contributed by atoms with E-state index in [1.54, 1.807) is 32.2 Å². The quantitative estimate of drug-likeness (QED) is 0.550. The smallest absolute Gasteiger partial charge is 0.250 e. The summed E-state index contributed by atoms with van der Waals surface area (Å²) in [5.74, 6) is 0.261. The molecule has 0 aliphatic heterocycles. The lowest BCUT2D eigenvalue weighted by molar-refractivity contribution is -0.117. The fraction of sp³-hybridized carbons (Fsp3) is 0.286. The van der Waals surface area contributed by atoms with Crippen LogP contribution in [0.4, 0.5) is 10.8 Å². The van der Waals surface area contributed by atoms with Gasteiger partial charge < -0.3 is 4.74 Å². The molecule has 0 unspecified atom stereocenters. The highest BCUT2D eigenvalue weighted by Crippen LogP contribution is 2.29. The van der Waals surface area contributed by atoms with Gasteiger partial charge in [-0.1, -0.05) is 30.4 Å². The number of carbonyl (C=O) groups is 1. The maximum Gasteiger partial charge on any atom is 0.250 e. The number of carbonyl (C=O) groups excluding carboxylic acids is 1. The molecule has 10 heteroatoms. The van der Waals surface area contributed by atoms with Gasteiger partial charge in [-0.25, -0.2) is 8.42 Å². The van der Waals surface area contributed by atoms with E-state index >= 15 is 0 Å². The van der Waals surface area contributed by atoms with Crippen molar-refractivity contribution in [2.45, 2.75) is 26.3 Å². The van der Waals surface area contributed by atoms with Crippen molar-refractivity contribution in [3.63, 3.8) is 0 Å². The first-order valence-electron chi connectivity index (χ1n) is 9.57. The SMILES string of the molecule is CC[C@H](C(=O)Nc1nnc(-c2ccc(OC)cc2)s1)N(c1cccc(C)c1)S(C)(=O)=O. The molecule has 1 aromatic heterocycles. The first-order valence-corrected chi connectivity index (χ1v) is 12.2. The Hall–Kier alpha value is -2.98. The molecule has 3 aromatic rings. The van der Waals surface area contributed by atoms with Crippen molar-refractivity contribution in [3.05, 3.63) is 54.1 Å². The van der Waals surface area contributed by atoms with Gasteiger partial charge in [0.1, 0.15) is 16.8 Å². The van der Waals surface area contributed by atoms with Crippen LogP contribution in [0.2, 0.25) is 0 Å². The summed E-state index contributed by atoms with van der Waals surface area (Å²) in [4.78, 5) is 13.0. The average Bonchev–Trinajstić information content (AvgIpc) is 3.19. The number of hydrogen-bond donors (Lipinski definition) is 1. The number of rotatable bonds is 8. The number of aromatic nitrogens is 2. The summed E-state index contributed by atoms with van der Waals surface area (Å²) in [5.41, 5.74) is 2.18. The number of hydrogen-bond acceptors (Lipinski definition) is 7. The predicted molar refractivity (Wildman–Crippen MR) is 123 cm³/mol. The molecule has 3 rings (SSSR count). The summed E-state index contributed by atoms with van der Waals surface area (Å²) in [6, 6.07) is 13.4. The summed E-state index contributed by atoms with van der Waals surface area (Å²) >= 11 is 1.21. The zero-order chi connectivity index (χ0) is 22.6. The van der Waals surface area contributed by atoms with Crippen LogP contribution in [0.25, 0.3) is 10.6 Å². The van der Waals surface area contributed by atoms with Crippen molar-refractivity contribution in [1.82, 2.24) is 10.2 Å². The molecule has 0 saturated carbocycles. The van der Waals surface area contributed by atoms with Gasteiger partial charge in [0.2, 0.25) is 21.1 Å². The lowest BCUT2D eigenvalue weighted by Crippen LogP contribution is -2.47. The molecule has 0 bridgehead atoms. The minimum absolute atomic E-state index is 0.289. The summed E-state index contributed by atoms with van der Waals surface area (Å²) in [5, 5.41) is 11.8. The highest BCUT2D eigenvalue weighted by molar-refractivity contribution is 7.92. The number of anilines is 2. The average molecular weight is 461 g/mol. The number of methoxy groups -OCH3 is 1. The van der Waals surface area contributed by atoms with E-state index in [0.717, 1.165) is 27.4 Å². The van der Waals surface area contributed by atoms with E-state index in [-0.39, 0.29) is 6.42 Å². The van der Waals surface area contributed by atoms with Crippen molar-refractivity contribution in [3.8, 4) is 16.3 Å². The minimum Gasteiger partial charge on any atom is -0.497 e. The first kappa shape index (κ1) is 22.7. The molecule has 1 N–H and O–H groups in total. The predicted octanol–water partition coefficient (Wildman–Crippen LogP) is 3.71. The van der Waals surface area contributed by atoms with Gasteiger partial charge in [-0.15, -0.1) is 10.2 Å². The summed E-state index contributed by atoms with van der Waals surface area (Å²) in [6.45, 7) is 3.63. The number of sulfonamides is 1. The third-order valence-electron chi connectivity index (χ3n) is 4.58. The van der Waals surface area contributed by atoms with Gasteiger partial charge in [-0.2, -0.15) is 0 Å². The molecule has 1 atom stereocenters. The van der Waals surface area contributed by atoms with Crippen LogP contribution >= 0.6 is 11.3 Å². The standard InChI is InChI=1S/C21H24N4O4S2/c1-5-18(25(31(4,27)28)16-8-6-7-14(2)13-16)19(26)22-21-24-23-20(30-21)15-9-11-17(29-3)12-10-15/h6-13,18H,5H2,1-4H3,(H,22,24,26)/t18-/m1/s1. The zero-order valence-corrected chi connectivity index (χ0v) is 19.3. The Bertz CT molecular complexity index is 1160. The lowest BCUT2D eigenvalue weighted by Gasteiger charge is -2.30. The zero-order valence-electron chi connectivity index (χ0n) is 17.7. The first-order chi connectivity index (χ1) is 14.7. The Morgan fingerprint density at radius 1 is 1.19 bits per heavy atom. The second kappa shape index (κ2) is 9.44. The van der Waals surface area contributed by atoms with Crippen molar-refractivity contribution < 1.29 is 17.9 Å². The van der Waals surface area contributed by atoms with Gasteiger partial charge in [-0.05, 0) is 55.3 Å². The Kier molecular flexibility index (Phi) is 6.91. The molecule has 8 nitrogen and oxygen atoms in total. The molecule has 0 fully saturated rings. The van der Waals surface area contributed by atoms with E-state index in [1.807, 2.05) is 37.3 Å². The lowest BCUT2D eigenvalue weighted by atomic mass is 10.1.